The molecule has 1 fully saturated rings. The largest absolute Gasteiger partial charge is 0.508 e. The normalized spacial score (nSPS) is 17.6. The van der Waals surface area contributed by atoms with Crippen LogP contribution in [0.1, 0.15) is 23.0 Å². The van der Waals surface area contributed by atoms with Gasteiger partial charge in [-0.05, 0) is 44.2 Å². The monoisotopic (exact) mass is 351 g/mol. The Hall–Kier alpha value is -2.93. The van der Waals surface area contributed by atoms with Crippen molar-refractivity contribution in [3.05, 3.63) is 41.6 Å². The Morgan fingerprint density at radius 2 is 2.08 bits per heavy atom. The van der Waals surface area contributed by atoms with E-state index in [4.69, 9.17) is 0 Å². The fourth-order valence-corrected chi connectivity index (χ4v) is 3.42. The fraction of sp³-hybridized carbons (Fsp3) is 0.316. The van der Waals surface area contributed by atoms with Gasteiger partial charge in [0.25, 0.3) is 5.91 Å². The number of carbonyl (C=O) groups is 1. The van der Waals surface area contributed by atoms with Crippen LogP contribution in [0.2, 0.25) is 0 Å². The average Bonchev–Trinajstić information content (AvgIpc) is 3.02. The summed E-state index contributed by atoms with van der Waals surface area (Å²) in [5, 5.41) is 20.8. The number of carbonyl (C=O) groups excluding carboxylic acids is 1. The number of pyridine rings is 1. The number of nitrogens with one attached hydrogen (secondary N) is 2. The zero-order chi connectivity index (χ0) is 18.3. The van der Waals surface area contributed by atoms with Gasteiger partial charge in [-0.1, -0.05) is 0 Å². The number of nitrogens with zero attached hydrogens (tertiary/aromatic N) is 3. The second kappa shape index (κ2) is 6.42. The lowest BCUT2D eigenvalue weighted by Crippen LogP contribution is -2.51. The molecule has 1 aliphatic rings. The highest BCUT2D eigenvalue weighted by atomic mass is 16.3. The Morgan fingerprint density at radius 3 is 2.81 bits per heavy atom. The van der Waals surface area contributed by atoms with Crippen LogP contribution in [-0.2, 0) is 0 Å². The van der Waals surface area contributed by atoms with E-state index in [1.54, 1.807) is 24.3 Å². The Kier molecular flexibility index (Phi) is 4.08. The standard InChI is InChI=1S/C19H21N5O2/c1-11-10-24(8-7-20-11)19(26)15-9-16(13-3-5-14(25)6-4-13)21-18-17(15)12(2)22-23-18/h3-6,9,11,20,25H,7-8,10H2,1-2H3,(H,21,22,23)/t11-/m0/s1. The summed E-state index contributed by atoms with van der Waals surface area (Å²) < 4.78 is 0. The second-order valence-electron chi connectivity index (χ2n) is 6.74. The number of benzene rings is 1. The molecule has 1 aromatic carbocycles. The third-order valence-corrected chi connectivity index (χ3v) is 4.76. The summed E-state index contributed by atoms with van der Waals surface area (Å²) in [7, 11) is 0. The predicted octanol–water partition coefficient (Wildman–Crippen LogP) is 2.07. The number of hydrogen-bond donors (Lipinski definition) is 3. The third-order valence-electron chi connectivity index (χ3n) is 4.76. The van der Waals surface area contributed by atoms with Crippen molar-refractivity contribution in [1.29, 1.82) is 0 Å². The molecule has 0 radical (unpaired) electrons. The first-order valence-electron chi connectivity index (χ1n) is 8.70. The Labute approximate surface area is 151 Å². The molecule has 3 aromatic rings. The van der Waals surface area contributed by atoms with Gasteiger partial charge >= 0.3 is 0 Å². The molecule has 7 nitrogen and oxygen atoms in total. The van der Waals surface area contributed by atoms with Gasteiger partial charge in [-0.25, -0.2) is 4.98 Å². The van der Waals surface area contributed by atoms with Crippen LogP contribution in [0.25, 0.3) is 22.3 Å². The number of amides is 1. The number of hydrogen-bond acceptors (Lipinski definition) is 5. The maximum atomic E-state index is 13.2. The molecule has 0 bridgehead atoms. The van der Waals surface area contributed by atoms with Crippen LogP contribution in [0, 0.1) is 6.92 Å². The van der Waals surface area contributed by atoms with Gasteiger partial charge < -0.3 is 15.3 Å². The minimum absolute atomic E-state index is 0.00437. The van der Waals surface area contributed by atoms with Crippen molar-refractivity contribution in [2.24, 2.45) is 0 Å². The number of phenols is 1. The highest BCUT2D eigenvalue weighted by molar-refractivity contribution is 6.07. The van der Waals surface area contributed by atoms with Gasteiger partial charge in [0.05, 0.1) is 22.3 Å². The van der Waals surface area contributed by atoms with Crippen LogP contribution < -0.4 is 5.32 Å². The van der Waals surface area contributed by atoms with Crippen LogP contribution in [0.15, 0.2) is 30.3 Å². The maximum absolute atomic E-state index is 13.2. The molecule has 26 heavy (non-hydrogen) atoms. The second-order valence-corrected chi connectivity index (χ2v) is 6.74. The molecule has 3 heterocycles. The summed E-state index contributed by atoms with van der Waals surface area (Å²) in [5.41, 5.74) is 3.47. The fourth-order valence-electron chi connectivity index (χ4n) is 3.42. The number of aryl methyl sites for hydroxylation is 1. The summed E-state index contributed by atoms with van der Waals surface area (Å²) in [6, 6.07) is 8.89. The first-order chi connectivity index (χ1) is 12.5. The topological polar surface area (TPSA) is 94.1 Å². The molecule has 0 unspecified atom stereocenters. The van der Waals surface area contributed by atoms with Gasteiger partial charge in [0.1, 0.15) is 5.75 Å². The van der Waals surface area contributed by atoms with E-state index in [1.807, 2.05) is 17.9 Å². The number of piperazine rings is 1. The summed E-state index contributed by atoms with van der Waals surface area (Å²) >= 11 is 0. The summed E-state index contributed by atoms with van der Waals surface area (Å²) in [6.07, 6.45) is 0. The zero-order valence-corrected chi connectivity index (χ0v) is 14.8. The first kappa shape index (κ1) is 16.5. The number of aromatic hydroxyl groups is 1. The summed E-state index contributed by atoms with van der Waals surface area (Å²) in [4.78, 5) is 19.7. The molecule has 0 aliphatic carbocycles. The van der Waals surface area contributed by atoms with Crippen LogP contribution in [0.3, 0.4) is 0 Å². The van der Waals surface area contributed by atoms with Crippen molar-refractivity contribution in [2.75, 3.05) is 19.6 Å². The number of fused-ring (bicyclic) bond motifs is 1. The van der Waals surface area contributed by atoms with E-state index in [0.717, 1.165) is 23.2 Å². The van der Waals surface area contributed by atoms with Crippen molar-refractivity contribution in [1.82, 2.24) is 25.4 Å². The Bertz CT molecular complexity index is 964. The first-order valence-corrected chi connectivity index (χ1v) is 8.70. The van der Waals surface area contributed by atoms with Crippen molar-refractivity contribution in [3.63, 3.8) is 0 Å². The van der Waals surface area contributed by atoms with Crippen molar-refractivity contribution in [3.8, 4) is 17.0 Å². The SMILES string of the molecule is Cc1n[nH]c2nc(-c3ccc(O)cc3)cc(C(=O)N3CCN[C@@H](C)C3)c12. The molecule has 0 spiro atoms. The molecule has 3 N–H and O–H groups in total. The van der Waals surface area contributed by atoms with E-state index in [-0.39, 0.29) is 17.7 Å². The van der Waals surface area contributed by atoms with E-state index in [1.165, 1.54) is 0 Å². The van der Waals surface area contributed by atoms with Gasteiger partial charge in [0.2, 0.25) is 0 Å². The quantitative estimate of drug-likeness (QED) is 0.657. The summed E-state index contributed by atoms with van der Waals surface area (Å²) in [5.74, 6) is 0.189. The Morgan fingerprint density at radius 1 is 1.31 bits per heavy atom. The lowest BCUT2D eigenvalue weighted by atomic mass is 10.0. The molecular weight excluding hydrogens is 330 g/mol. The lowest BCUT2D eigenvalue weighted by molar-refractivity contribution is 0.0711. The van der Waals surface area contributed by atoms with Crippen molar-refractivity contribution < 1.29 is 9.90 Å². The zero-order valence-electron chi connectivity index (χ0n) is 14.8. The number of phenolic OH excluding ortho intramolecular Hbond substituents is 1. The van der Waals surface area contributed by atoms with E-state index in [2.05, 4.69) is 27.4 Å². The minimum atomic E-state index is -0.00437. The molecule has 2 aromatic heterocycles. The van der Waals surface area contributed by atoms with E-state index < -0.39 is 0 Å². The van der Waals surface area contributed by atoms with Crippen LogP contribution in [0.4, 0.5) is 0 Å². The lowest BCUT2D eigenvalue weighted by Gasteiger charge is -2.32. The smallest absolute Gasteiger partial charge is 0.254 e. The number of aromatic nitrogens is 3. The molecule has 1 atom stereocenters. The van der Waals surface area contributed by atoms with Crippen LogP contribution in [-0.4, -0.2) is 56.8 Å². The molecule has 0 saturated carbocycles. The minimum Gasteiger partial charge on any atom is -0.508 e. The molecular formula is C19H21N5O2. The van der Waals surface area contributed by atoms with Crippen molar-refractivity contribution in [2.45, 2.75) is 19.9 Å². The highest BCUT2D eigenvalue weighted by Gasteiger charge is 2.25. The molecule has 4 rings (SSSR count). The predicted molar refractivity (Wildman–Crippen MR) is 99.1 cm³/mol. The average molecular weight is 351 g/mol. The maximum Gasteiger partial charge on any atom is 0.254 e. The van der Waals surface area contributed by atoms with Crippen LogP contribution >= 0.6 is 0 Å². The third kappa shape index (κ3) is 2.90. The van der Waals surface area contributed by atoms with Gasteiger partial charge in [-0.15, -0.1) is 0 Å². The van der Waals surface area contributed by atoms with Gasteiger partial charge in [-0.2, -0.15) is 5.10 Å². The number of rotatable bonds is 2. The Balaban J connectivity index is 1.82. The van der Waals surface area contributed by atoms with Gasteiger partial charge in [0.15, 0.2) is 5.65 Å². The van der Waals surface area contributed by atoms with E-state index in [9.17, 15) is 9.90 Å². The number of H-pyrrole nitrogens is 1. The van der Waals surface area contributed by atoms with E-state index >= 15 is 0 Å². The van der Waals surface area contributed by atoms with Gasteiger partial charge in [0, 0.05) is 31.2 Å². The summed E-state index contributed by atoms with van der Waals surface area (Å²) in [6.45, 7) is 6.09. The van der Waals surface area contributed by atoms with Gasteiger partial charge in [-0.3, -0.25) is 9.89 Å². The molecule has 134 valence electrons. The highest BCUT2D eigenvalue weighted by Crippen LogP contribution is 2.28. The number of aromatic amines is 1. The molecule has 1 aliphatic heterocycles. The molecule has 7 heteroatoms. The molecule has 1 saturated heterocycles. The van der Waals surface area contributed by atoms with E-state index in [0.29, 0.717) is 30.0 Å². The molecule has 1 amide bonds. The van der Waals surface area contributed by atoms with Crippen molar-refractivity contribution >= 4 is 16.9 Å². The van der Waals surface area contributed by atoms with Crippen LogP contribution in [0.5, 0.6) is 5.75 Å².